The van der Waals surface area contributed by atoms with Crippen molar-refractivity contribution in [3.63, 3.8) is 0 Å². The van der Waals surface area contributed by atoms with Gasteiger partial charge in [-0.1, -0.05) is 6.07 Å². The standard InChI is InChI=1S/C18H17N3O2S/c1-11-4-6-15(8-12(11)2)23-16-7-5-14(9-19-16)21-18(22)17-13(3)20-10-24-17/h4-10H,1-3H3,(H,21,22). The second kappa shape index (κ2) is 6.80. The fourth-order valence-electron chi connectivity index (χ4n) is 2.12. The molecule has 0 aliphatic heterocycles. The number of nitrogens with one attached hydrogen (secondary N) is 1. The monoisotopic (exact) mass is 339 g/mol. The number of aromatic nitrogens is 2. The maximum absolute atomic E-state index is 12.1. The fourth-order valence-corrected chi connectivity index (χ4v) is 2.82. The molecule has 0 spiro atoms. The van der Waals surface area contributed by atoms with Crippen molar-refractivity contribution < 1.29 is 9.53 Å². The number of benzene rings is 1. The largest absolute Gasteiger partial charge is 0.439 e. The van der Waals surface area contributed by atoms with Gasteiger partial charge < -0.3 is 10.1 Å². The Kier molecular flexibility index (Phi) is 4.57. The van der Waals surface area contributed by atoms with E-state index < -0.39 is 0 Å². The highest BCUT2D eigenvalue weighted by atomic mass is 32.1. The first kappa shape index (κ1) is 16.1. The van der Waals surface area contributed by atoms with Crippen LogP contribution in [-0.2, 0) is 0 Å². The molecule has 1 aromatic carbocycles. The smallest absolute Gasteiger partial charge is 0.267 e. The molecule has 5 nitrogen and oxygen atoms in total. The van der Waals surface area contributed by atoms with Crippen molar-refractivity contribution in [3.8, 4) is 11.6 Å². The molecule has 6 heteroatoms. The maximum Gasteiger partial charge on any atom is 0.267 e. The summed E-state index contributed by atoms with van der Waals surface area (Å²) >= 11 is 1.32. The number of thiazole rings is 1. The van der Waals surface area contributed by atoms with Crippen LogP contribution in [0, 0.1) is 20.8 Å². The Bertz CT molecular complexity index is 872. The number of carbonyl (C=O) groups is 1. The highest BCUT2D eigenvalue weighted by Gasteiger charge is 2.12. The van der Waals surface area contributed by atoms with E-state index in [9.17, 15) is 4.79 Å². The second-order valence-corrected chi connectivity index (χ2v) is 6.31. The van der Waals surface area contributed by atoms with Gasteiger partial charge >= 0.3 is 0 Å². The number of hydrogen-bond donors (Lipinski definition) is 1. The lowest BCUT2D eigenvalue weighted by Crippen LogP contribution is -2.11. The molecule has 0 aliphatic carbocycles. The van der Waals surface area contributed by atoms with Crippen molar-refractivity contribution in [2.45, 2.75) is 20.8 Å². The third-order valence-electron chi connectivity index (χ3n) is 3.65. The molecule has 122 valence electrons. The van der Waals surface area contributed by atoms with E-state index in [1.165, 1.54) is 16.9 Å². The minimum absolute atomic E-state index is 0.181. The topological polar surface area (TPSA) is 64.1 Å². The van der Waals surface area contributed by atoms with E-state index in [4.69, 9.17) is 4.74 Å². The summed E-state index contributed by atoms with van der Waals surface area (Å²) in [5.74, 6) is 1.03. The number of rotatable bonds is 4. The van der Waals surface area contributed by atoms with Crippen LogP contribution >= 0.6 is 11.3 Å². The Labute approximate surface area is 144 Å². The molecule has 3 aromatic rings. The van der Waals surface area contributed by atoms with Gasteiger partial charge in [0, 0.05) is 6.07 Å². The van der Waals surface area contributed by atoms with Crippen LogP contribution in [0.1, 0.15) is 26.5 Å². The fraction of sp³-hybridized carbons (Fsp3) is 0.167. The van der Waals surface area contributed by atoms with E-state index in [2.05, 4.69) is 22.2 Å². The summed E-state index contributed by atoms with van der Waals surface area (Å²) in [6.45, 7) is 5.90. The second-order valence-electron chi connectivity index (χ2n) is 5.45. The Balaban J connectivity index is 1.68. The Morgan fingerprint density at radius 2 is 1.92 bits per heavy atom. The number of anilines is 1. The van der Waals surface area contributed by atoms with Crippen LogP contribution in [0.25, 0.3) is 0 Å². The summed E-state index contributed by atoms with van der Waals surface area (Å²) < 4.78 is 5.73. The first-order valence-corrected chi connectivity index (χ1v) is 8.33. The molecule has 1 amide bonds. The Hall–Kier alpha value is -2.73. The van der Waals surface area contributed by atoms with E-state index in [-0.39, 0.29) is 5.91 Å². The molecule has 2 heterocycles. The quantitative estimate of drug-likeness (QED) is 0.759. The van der Waals surface area contributed by atoms with Gasteiger partial charge in [0.1, 0.15) is 10.6 Å². The van der Waals surface area contributed by atoms with Crippen LogP contribution in [0.2, 0.25) is 0 Å². The lowest BCUT2D eigenvalue weighted by atomic mass is 10.1. The van der Waals surface area contributed by atoms with Crippen molar-refractivity contribution in [1.82, 2.24) is 9.97 Å². The van der Waals surface area contributed by atoms with Gasteiger partial charge in [-0.05, 0) is 50.1 Å². The predicted molar refractivity (Wildman–Crippen MR) is 95.0 cm³/mol. The minimum Gasteiger partial charge on any atom is -0.439 e. The summed E-state index contributed by atoms with van der Waals surface area (Å²) in [6.07, 6.45) is 1.57. The molecule has 0 bridgehead atoms. The minimum atomic E-state index is -0.181. The number of amides is 1. The van der Waals surface area contributed by atoms with Gasteiger partial charge in [0.05, 0.1) is 23.1 Å². The van der Waals surface area contributed by atoms with Crippen LogP contribution in [0.15, 0.2) is 42.0 Å². The molecule has 0 saturated heterocycles. The molecular formula is C18H17N3O2S. The van der Waals surface area contributed by atoms with Crippen LogP contribution in [0.3, 0.4) is 0 Å². The number of aryl methyl sites for hydroxylation is 3. The van der Waals surface area contributed by atoms with E-state index >= 15 is 0 Å². The van der Waals surface area contributed by atoms with Crippen LogP contribution < -0.4 is 10.1 Å². The molecule has 24 heavy (non-hydrogen) atoms. The Morgan fingerprint density at radius 3 is 2.54 bits per heavy atom. The van der Waals surface area contributed by atoms with E-state index in [1.54, 1.807) is 23.8 Å². The summed E-state index contributed by atoms with van der Waals surface area (Å²) in [4.78, 5) is 21.1. The number of nitrogens with zero attached hydrogens (tertiary/aromatic N) is 2. The maximum atomic E-state index is 12.1. The third-order valence-corrected chi connectivity index (χ3v) is 4.57. The average molecular weight is 339 g/mol. The molecule has 0 radical (unpaired) electrons. The number of hydrogen-bond acceptors (Lipinski definition) is 5. The van der Waals surface area contributed by atoms with Gasteiger partial charge in [0.2, 0.25) is 5.88 Å². The van der Waals surface area contributed by atoms with Crippen molar-refractivity contribution in [3.05, 3.63) is 63.7 Å². The van der Waals surface area contributed by atoms with Crippen molar-refractivity contribution in [2.24, 2.45) is 0 Å². The summed E-state index contributed by atoms with van der Waals surface area (Å²) in [6, 6.07) is 9.38. The summed E-state index contributed by atoms with van der Waals surface area (Å²) in [5.41, 5.74) is 5.37. The zero-order valence-electron chi connectivity index (χ0n) is 13.7. The number of carbonyl (C=O) groups excluding carboxylic acids is 1. The van der Waals surface area contributed by atoms with Gasteiger partial charge in [0.25, 0.3) is 5.91 Å². The molecule has 3 rings (SSSR count). The van der Waals surface area contributed by atoms with Gasteiger partial charge in [-0.2, -0.15) is 0 Å². The lowest BCUT2D eigenvalue weighted by molar-refractivity contribution is 0.102. The van der Waals surface area contributed by atoms with Crippen molar-refractivity contribution in [2.75, 3.05) is 5.32 Å². The zero-order chi connectivity index (χ0) is 17.1. The first-order chi connectivity index (χ1) is 11.5. The van der Waals surface area contributed by atoms with E-state index in [0.717, 1.165) is 17.0 Å². The van der Waals surface area contributed by atoms with Gasteiger partial charge in [-0.25, -0.2) is 9.97 Å². The average Bonchev–Trinajstić information content (AvgIpc) is 2.99. The Morgan fingerprint density at radius 1 is 1.08 bits per heavy atom. The molecule has 0 unspecified atom stereocenters. The van der Waals surface area contributed by atoms with Gasteiger partial charge in [0.15, 0.2) is 0 Å². The highest BCUT2D eigenvalue weighted by molar-refractivity contribution is 7.12. The van der Waals surface area contributed by atoms with Crippen molar-refractivity contribution >= 4 is 22.9 Å². The van der Waals surface area contributed by atoms with Crippen LogP contribution in [0.5, 0.6) is 11.6 Å². The third kappa shape index (κ3) is 3.60. The van der Waals surface area contributed by atoms with E-state index in [1.807, 2.05) is 32.0 Å². The molecule has 0 atom stereocenters. The van der Waals surface area contributed by atoms with E-state index in [0.29, 0.717) is 16.4 Å². The molecule has 0 aliphatic rings. The molecule has 0 fully saturated rings. The molecule has 2 aromatic heterocycles. The number of ether oxygens (including phenoxy) is 1. The number of pyridine rings is 1. The van der Waals surface area contributed by atoms with Crippen LogP contribution in [0.4, 0.5) is 5.69 Å². The normalized spacial score (nSPS) is 10.5. The SMILES string of the molecule is Cc1ccc(Oc2ccc(NC(=O)c3scnc3C)cn2)cc1C. The summed E-state index contributed by atoms with van der Waals surface area (Å²) in [7, 11) is 0. The highest BCUT2D eigenvalue weighted by Crippen LogP contribution is 2.23. The summed E-state index contributed by atoms with van der Waals surface area (Å²) in [5, 5.41) is 2.81. The van der Waals surface area contributed by atoms with Gasteiger partial charge in [-0.3, -0.25) is 4.79 Å². The van der Waals surface area contributed by atoms with Crippen molar-refractivity contribution in [1.29, 1.82) is 0 Å². The zero-order valence-corrected chi connectivity index (χ0v) is 14.5. The van der Waals surface area contributed by atoms with Gasteiger partial charge in [-0.15, -0.1) is 11.3 Å². The predicted octanol–water partition coefficient (Wildman–Crippen LogP) is 4.51. The molecule has 1 N–H and O–H groups in total. The van der Waals surface area contributed by atoms with Crippen LogP contribution in [-0.4, -0.2) is 15.9 Å². The first-order valence-electron chi connectivity index (χ1n) is 7.45. The molecular weight excluding hydrogens is 322 g/mol. The molecule has 0 saturated carbocycles. The lowest BCUT2D eigenvalue weighted by Gasteiger charge is -2.08.